The Morgan fingerprint density at radius 2 is 2.29 bits per heavy atom. The molecule has 0 bridgehead atoms. The lowest BCUT2D eigenvalue weighted by molar-refractivity contribution is 0.0702. The molecule has 0 saturated carbocycles. The van der Waals surface area contributed by atoms with Crippen LogP contribution in [0.15, 0.2) is 18.3 Å². The summed E-state index contributed by atoms with van der Waals surface area (Å²) in [6.07, 6.45) is 1.02. The van der Waals surface area contributed by atoms with Crippen molar-refractivity contribution < 1.29 is 13.9 Å². The van der Waals surface area contributed by atoms with Crippen molar-refractivity contribution in [1.82, 2.24) is 9.88 Å². The number of aromatic nitrogens is 1. The Hall–Kier alpha value is -1.20. The average Bonchev–Trinajstić information content (AvgIpc) is 2.34. The quantitative estimate of drug-likeness (QED) is 0.729. The first-order chi connectivity index (χ1) is 8.19. The summed E-state index contributed by atoms with van der Waals surface area (Å²) < 4.78 is 17.6. The fourth-order valence-electron chi connectivity index (χ4n) is 1.28. The van der Waals surface area contributed by atoms with Crippen LogP contribution < -0.4 is 0 Å². The summed E-state index contributed by atoms with van der Waals surface area (Å²) in [7, 11) is 1.56. The number of halogens is 2. The monoisotopic (exact) mass is 260 g/mol. The van der Waals surface area contributed by atoms with Crippen LogP contribution in [0, 0.1) is 5.82 Å². The summed E-state index contributed by atoms with van der Waals surface area (Å²) in [6.45, 7) is 1.26. The molecule has 1 heterocycles. The second kappa shape index (κ2) is 7.19. The van der Waals surface area contributed by atoms with E-state index in [1.807, 2.05) is 0 Å². The molecule has 0 unspecified atom stereocenters. The first-order valence-electron chi connectivity index (χ1n) is 5.14. The summed E-state index contributed by atoms with van der Waals surface area (Å²) in [4.78, 5) is 17.2. The second-order valence-corrected chi connectivity index (χ2v) is 3.71. The minimum Gasteiger partial charge on any atom is -0.383 e. The molecule has 0 radical (unpaired) electrons. The number of pyridine rings is 1. The molecular formula is C11H14ClFN2O2. The third kappa shape index (κ3) is 4.28. The van der Waals surface area contributed by atoms with E-state index in [4.69, 9.17) is 16.3 Å². The van der Waals surface area contributed by atoms with Crippen LogP contribution in [0.2, 0.25) is 0 Å². The average molecular weight is 261 g/mol. The summed E-state index contributed by atoms with van der Waals surface area (Å²) in [5.74, 6) is -0.415. The van der Waals surface area contributed by atoms with Crippen LogP contribution in [0.25, 0.3) is 0 Å². The van der Waals surface area contributed by atoms with E-state index >= 15 is 0 Å². The summed E-state index contributed by atoms with van der Waals surface area (Å²) >= 11 is 5.62. The maximum Gasteiger partial charge on any atom is 0.272 e. The molecule has 0 aliphatic heterocycles. The fourth-order valence-corrected chi connectivity index (χ4v) is 1.49. The predicted molar refractivity (Wildman–Crippen MR) is 62.7 cm³/mol. The highest BCUT2D eigenvalue weighted by molar-refractivity contribution is 6.18. The zero-order valence-corrected chi connectivity index (χ0v) is 10.3. The van der Waals surface area contributed by atoms with Crippen LogP contribution in [0.3, 0.4) is 0 Å². The summed E-state index contributed by atoms with van der Waals surface area (Å²) in [5, 5.41) is 0. The lowest BCUT2D eigenvalue weighted by Gasteiger charge is -2.20. The Labute approximate surface area is 104 Å². The summed E-state index contributed by atoms with van der Waals surface area (Å²) in [5.41, 5.74) is 0.201. The van der Waals surface area contributed by atoms with Gasteiger partial charge in [0.05, 0.1) is 12.8 Å². The van der Waals surface area contributed by atoms with E-state index < -0.39 is 5.82 Å². The zero-order chi connectivity index (χ0) is 12.7. The molecule has 1 aromatic rings. The molecule has 0 fully saturated rings. The number of rotatable bonds is 6. The molecule has 0 aliphatic rings. The van der Waals surface area contributed by atoms with Gasteiger partial charge in [-0.25, -0.2) is 9.37 Å². The van der Waals surface area contributed by atoms with Gasteiger partial charge in [-0.1, -0.05) is 0 Å². The number of alkyl halides is 1. The number of methoxy groups -OCH3 is 1. The van der Waals surface area contributed by atoms with Gasteiger partial charge in [0.1, 0.15) is 11.5 Å². The smallest absolute Gasteiger partial charge is 0.272 e. The molecule has 4 nitrogen and oxygen atoms in total. The van der Waals surface area contributed by atoms with Gasteiger partial charge in [-0.05, 0) is 12.1 Å². The van der Waals surface area contributed by atoms with Gasteiger partial charge in [0.25, 0.3) is 5.91 Å². The van der Waals surface area contributed by atoms with Gasteiger partial charge in [0.2, 0.25) is 0 Å². The number of ether oxygens (including phenoxy) is 1. The topological polar surface area (TPSA) is 42.4 Å². The van der Waals surface area contributed by atoms with Crippen molar-refractivity contribution in [3.05, 3.63) is 29.8 Å². The number of nitrogens with zero attached hydrogens (tertiary/aromatic N) is 2. The molecule has 1 aromatic heterocycles. The molecule has 1 rings (SSSR count). The van der Waals surface area contributed by atoms with E-state index in [9.17, 15) is 9.18 Å². The van der Waals surface area contributed by atoms with Gasteiger partial charge in [-0.2, -0.15) is 0 Å². The van der Waals surface area contributed by atoms with E-state index in [0.717, 1.165) is 6.20 Å². The molecule has 0 atom stereocenters. The van der Waals surface area contributed by atoms with Gasteiger partial charge < -0.3 is 9.64 Å². The van der Waals surface area contributed by atoms with Gasteiger partial charge in [-0.3, -0.25) is 4.79 Å². The lowest BCUT2D eigenvalue weighted by atomic mass is 10.3. The molecular weight excluding hydrogens is 247 g/mol. The predicted octanol–water partition coefficient (Wildman–Crippen LogP) is 1.55. The Balaban J connectivity index is 2.72. The van der Waals surface area contributed by atoms with Crippen molar-refractivity contribution in [2.24, 2.45) is 0 Å². The molecule has 0 saturated heterocycles. The third-order valence-corrected chi connectivity index (χ3v) is 2.32. The molecule has 6 heteroatoms. The molecule has 0 N–H and O–H groups in total. The van der Waals surface area contributed by atoms with Crippen LogP contribution in [0.5, 0.6) is 0 Å². The highest BCUT2D eigenvalue weighted by Gasteiger charge is 2.16. The summed E-state index contributed by atoms with van der Waals surface area (Å²) in [6, 6.07) is 2.56. The van der Waals surface area contributed by atoms with E-state index in [-0.39, 0.29) is 11.6 Å². The van der Waals surface area contributed by atoms with Crippen LogP contribution >= 0.6 is 11.6 Å². The van der Waals surface area contributed by atoms with Crippen LogP contribution in [0.1, 0.15) is 10.5 Å². The highest BCUT2D eigenvalue weighted by atomic mass is 35.5. The van der Waals surface area contributed by atoms with Crippen molar-refractivity contribution in [3.8, 4) is 0 Å². The molecule has 94 valence electrons. The van der Waals surface area contributed by atoms with Gasteiger partial charge in [0, 0.05) is 26.1 Å². The maximum absolute atomic E-state index is 12.7. The minimum atomic E-state index is -0.470. The zero-order valence-electron chi connectivity index (χ0n) is 9.53. The Morgan fingerprint density at radius 3 is 2.82 bits per heavy atom. The Kier molecular flexibility index (Phi) is 5.86. The van der Waals surface area contributed by atoms with Crippen molar-refractivity contribution in [2.45, 2.75) is 0 Å². The molecule has 0 spiro atoms. The first kappa shape index (κ1) is 13.9. The third-order valence-electron chi connectivity index (χ3n) is 2.15. The number of carbonyl (C=O) groups excluding carboxylic acids is 1. The number of carbonyl (C=O) groups is 1. The number of hydrogen-bond acceptors (Lipinski definition) is 3. The van der Waals surface area contributed by atoms with E-state index in [1.54, 1.807) is 7.11 Å². The molecule has 1 amide bonds. The molecule has 17 heavy (non-hydrogen) atoms. The van der Waals surface area contributed by atoms with E-state index in [2.05, 4.69) is 4.98 Å². The SMILES string of the molecule is COCCN(CCCl)C(=O)c1ccc(F)cn1. The number of amides is 1. The second-order valence-electron chi connectivity index (χ2n) is 3.34. The van der Waals surface area contributed by atoms with Gasteiger partial charge >= 0.3 is 0 Å². The van der Waals surface area contributed by atoms with E-state index in [1.165, 1.54) is 17.0 Å². The van der Waals surface area contributed by atoms with Crippen LogP contribution in [0.4, 0.5) is 4.39 Å². The maximum atomic E-state index is 12.7. The lowest BCUT2D eigenvalue weighted by Crippen LogP contribution is -2.36. The number of hydrogen-bond donors (Lipinski definition) is 0. The normalized spacial score (nSPS) is 10.3. The minimum absolute atomic E-state index is 0.201. The molecule has 0 aliphatic carbocycles. The largest absolute Gasteiger partial charge is 0.383 e. The first-order valence-corrected chi connectivity index (χ1v) is 5.68. The van der Waals surface area contributed by atoms with Crippen molar-refractivity contribution in [1.29, 1.82) is 0 Å². The fraction of sp³-hybridized carbons (Fsp3) is 0.455. The highest BCUT2D eigenvalue weighted by Crippen LogP contribution is 2.04. The van der Waals surface area contributed by atoms with Crippen LogP contribution in [-0.4, -0.2) is 48.5 Å². The van der Waals surface area contributed by atoms with Gasteiger partial charge in [0.15, 0.2) is 0 Å². The van der Waals surface area contributed by atoms with Crippen molar-refractivity contribution >= 4 is 17.5 Å². The van der Waals surface area contributed by atoms with Crippen molar-refractivity contribution in [3.63, 3.8) is 0 Å². The van der Waals surface area contributed by atoms with Crippen molar-refractivity contribution in [2.75, 3.05) is 32.7 Å². The Bertz CT molecular complexity index is 359. The van der Waals surface area contributed by atoms with Crippen LogP contribution in [-0.2, 0) is 4.74 Å². The van der Waals surface area contributed by atoms with Gasteiger partial charge in [-0.15, -0.1) is 11.6 Å². The van der Waals surface area contributed by atoms with E-state index in [0.29, 0.717) is 25.6 Å². The standard InChI is InChI=1S/C11H14ClFN2O2/c1-17-7-6-15(5-4-12)11(16)10-3-2-9(13)8-14-10/h2-3,8H,4-7H2,1H3. The Morgan fingerprint density at radius 1 is 1.53 bits per heavy atom. The molecule has 0 aromatic carbocycles.